The Morgan fingerprint density at radius 1 is 1.36 bits per heavy atom. The lowest BCUT2D eigenvalue weighted by atomic mass is 9.92. The number of carboxylic acids is 1. The Hall–Kier alpha value is -1.91. The van der Waals surface area contributed by atoms with E-state index in [4.69, 9.17) is 5.11 Å². The number of amides is 1. The third-order valence-corrected chi connectivity index (χ3v) is 4.24. The first-order valence-corrected chi connectivity index (χ1v) is 7.70. The molecule has 0 aliphatic carbocycles. The van der Waals surface area contributed by atoms with Crippen LogP contribution in [0.5, 0.6) is 0 Å². The van der Waals surface area contributed by atoms with E-state index in [2.05, 4.69) is 0 Å². The summed E-state index contributed by atoms with van der Waals surface area (Å²) in [6.07, 6.45) is 2.18. The largest absolute Gasteiger partial charge is 0.481 e. The maximum absolute atomic E-state index is 13.2. The quantitative estimate of drug-likeness (QED) is 0.910. The molecular formula is C17H22FNO3. The fourth-order valence-corrected chi connectivity index (χ4v) is 3.02. The van der Waals surface area contributed by atoms with Crippen molar-refractivity contribution in [3.8, 4) is 0 Å². The van der Waals surface area contributed by atoms with Gasteiger partial charge in [-0.3, -0.25) is 9.59 Å². The van der Waals surface area contributed by atoms with Crippen molar-refractivity contribution >= 4 is 11.9 Å². The molecule has 5 heteroatoms. The molecule has 1 aromatic carbocycles. The van der Waals surface area contributed by atoms with Crippen LogP contribution in [0.4, 0.5) is 4.39 Å². The number of piperidine rings is 1. The fourth-order valence-electron chi connectivity index (χ4n) is 3.02. The van der Waals surface area contributed by atoms with Crippen molar-refractivity contribution in [3.63, 3.8) is 0 Å². The van der Waals surface area contributed by atoms with Crippen molar-refractivity contribution in [2.24, 2.45) is 11.8 Å². The molecule has 1 unspecified atom stereocenters. The highest BCUT2D eigenvalue weighted by molar-refractivity contribution is 5.79. The minimum Gasteiger partial charge on any atom is -0.481 e. The molecule has 1 fully saturated rings. The van der Waals surface area contributed by atoms with Crippen LogP contribution < -0.4 is 0 Å². The molecule has 1 amide bonds. The monoisotopic (exact) mass is 307 g/mol. The van der Waals surface area contributed by atoms with Crippen LogP contribution in [0.1, 0.15) is 31.7 Å². The van der Waals surface area contributed by atoms with Gasteiger partial charge in [0.2, 0.25) is 5.91 Å². The van der Waals surface area contributed by atoms with Crippen LogP contribution >= 0.6 is 0 Å². The second-order valence-electron chi connectivity index (χ2n) is 6.10. The molecule has 22 heavy (non-hydrogen) atoms. The Labute approximate surface area is 129 Å². The maximum Gasteiger partial charge on any atom is 0.303 e. The van der Waals surface area contributed by atoms with Gasteiger partial charge in [-0.15, -0.1) is 0 Å². The highest BCUT2D eigenvalue weighted by Gasteiger charge is 2.27. The van der Waals surface area contributed by atoms with Crippen LogP contribution in [0.2, 0.25) is 0 Å². The molecule has 1 atom stereocenters. The Morgan fingerprint density at radius 2 is 2.05 bits per heavy atom. The van der Waals surface area contributed by atoms with Crippen molar-refractivity contribution in [1.29, 1.82) is 0 Å². The zero-order valence-corrected chi connectivity index (χ0v) is 12.8. The van der Waals surface area contributed by atoms with E-state index in [0.29, 0.717) is 19.5 Å². The Bertz CT molecular complexity index is 538. The lowest BCUT2D eigenvalue weighted by molar-refractivity contribution is -0.139. The van der Waals surface area contributed by atoms with E-state index in [-0.39, 0.29) is 30.0 Å². The van der Waals surface area contributed by atoms with E-state index in [0.717, 1.165) is 18.4 Å². The van der Waals surface area contributed by atoms with Crippen molar-refractivity contribution in [1.82, 2.24) is 4.90 Å². The third kappa shape index (κ3) is 4.55. The third-order valence-electron chi connectivity index (χ3n) is 4.24. The van der Waals surface area contributed by atoms with Gasteiger partial charge in [-0.1, -0.05) is 19.1 Å². The molecule has 1 aliphatic rings. The maximum atomic E-state index is 13.2. The van der Waals surface area contributed by atoms with Gasteiger partial charge >= 0.3 is 5.97 Å². The fraction of sp³-hybridized carbons (Fsp3) is 0.529. The minimum atomic E-state index is -0.774. The number of rotatable bonds is 5. The Morgan fingerprint density at radius 3 is 2.64 bits per heavy atom. The molecule has 0 radical (unpaired) electrons. The number of aliphatic carboxylic acids is 1. The van der Waals surface area contributed by atoms with Gasteiger partial charge in [-0.25, -0.2) is 4.39 Å². The number of nitrogens with zero attached hydrogens (tertiary/aromatic N) is 1. The lowest BCUT2D eigenvalue weighted by Gasteiger charge is -2.33. The van der Waals surface area contributed by atoms with Crippen LogP contribution in [-0.4, -0.2) is 35.0 Å². The summed E-state index contributed by atoms with van der Waals surface area (Å²) in [5.74, 6) is -1.02. The number of carbonyl (C=O) groups excluding carboxylic acids is 1. The van der Waals surface area contributed by atoms with E-state index in [9.17, 15) is 14.0 Å². The number of carbonyl (C=O) groups is 2. The first-order chi connectivity index (χ1) is 10.5. The summed E-state index contributed by atoms with van der Waals surface area (Å²) in [4.78, 5) is 25.0. The molecule has 1 aromatic rings. The molecule has 1 N–H and O–H groups in total. The molecular weight excluding hydrogens is 285 g/mol. The first-order valence-electron chi connectivity index (χ1n) is 7.70. The van der Waals surface area contributed by atoms with E-state index in [1.807, 2.05) is 17.9 Å². The van der Waals surface area contributed by atoms with Gasteiger partial charge in [0.15, 0.2) is 0 Å². The SMILES string of the molecule is CC(Cc1cccc(F)c1)C(=O)N1CCC(CC(=O)O)CC1. The van der Waals surface area contributed by atoms with E-state index >= 15 is 0 Å². The average Bonchev–Trinajstić information content (AvgIpc) is 2.46. The lowest BCUT2D eigenvalue weighted by Crippen LogP contribution is -2.42. The predicted molar refractivity (Wildman–Crippen MR) is 80.8 cm³/mol. The summed E-state index contributed by atoms with van der Waals surface area (Å²) in [5, 5.41) is 8.80. The highest BCUT2D eigenvalue weighted by Crippen LogP contribution is 2.22. The van der Waals surface area contributed by atoms with E-state index < -0.39 is 5.97 Å². The molecule has 4 nitrogen and oxygen atoms in total. The molecule has 1 heterocycles. The van der Waals surface area contributed by atoms with E-state index in [1.54, 1.807) is 6.07 Å². The Kier molecular flexibility index (Phi) is 5.52. The highest BCUT2D eigenvalue weighted by atomic mass is 19.1. The molecule has 1 saturated heterocycles. The zero-order chi connectivity index (χ0) is 16.1. The van der Waals surface area contributed by atoms with Crippen molar-refractivity contribution in [2.45, 2.75) is 32.6 Å². The topological polar surface area (TPSA) is 57.6 Å². The minimum absolute atomic E-state index is 0.0676. The number of benzene rings is 1. The van der Waals surface area contributed by atoms with Crippen molar-refractivity contribution in [2.75, 3.05) is 13.1 Å². The second kappa shape index (κ2) is 7.38. The van der Waals surface area contributed by atoms with Crippen LogP contribution in [0.3, 0.4) is 0 Å². The molecule has 0 aromatic heterocycles. The molecule has 0 bridgehead atoms. The van der Waals surface area contributed by atoms with Crippen molar-refractivity contribution in [3.05, 3.63) is 35.6 Å². The Balaban J connectivity index is 1.85. The summed E-state index contributed by atoms with van der Waals surface area (Å²) in [7, 11) is 0. The molecule has 0 saturated carbocycles. The molecule has 1 aliphatic heterocycles. The van der Waals surface area contributed by atoms with Crippen LogP contribution in [0.25, 0.3) is 0 Å². The van der Waals surface area contributed by atoms with Gasteiger partial charge in [0.05, 0.1) is 0 Å². The number of hydrogen-bond donors (Lipinski definition) is 1. The van der Waals surface area contributed by atoms with Crippen LogP contribution in [0, 0.1) is 17.7 Å². The summed E-state index contributed by atoms with van der Waals surface area (Å²) in [6.45, 7) is 3.09. The van der Waals surface area contributed by atoms with Gasteiger partial charge in [-0.2, -0.15) is 0 Å². The van der Waals surface area contributed by atoms with Crippen LogP contribution in [-0.2, 0) is 16.0 Å². The normalized spacial score (nSPS) is 17.3. The van der Waals surface area contributed by atoms with Crippen molar-refractivity contribution < 1.29 is 19.1 Å². The second-order valence-corrected chi connectivity index (χ2v) is 6.10. The zero-order valence-electron chi connectivity index (χ0n) is 12.8. The van der Waals surface area contributed by atoms with Gasteiger partial charge in [0, 0.05) is 25.4 Å². The molecule has 0 spiro atoms. The number of halogens is 1. The number of likely N-dealkylation sites (tertiary alicyclic amines) is 1. The van der Waals surface area contributed by atoms with Gasteiger partial charge < -0.3 is 10.0 Å². The number of hydrogen-bond acceptors (Lipinski definition) is 2. The summed E-state index contributed by atoms with van der Waals surface area (Å²) < 4.78 is 13.2. The molecule has 120 valence electrons. The van der Waals surface area contributed by atoms with Crippen LogP contribution in [0.15, 0.2) is 24.3 Å². The summed E-state index contributed by atoms with van der Waals surface area (Å²) in [5.41, 5.74) is 0.821. The first kappa shape index (κ1) is 16.5. The summed E-state index contributed by atoms with van der Waals surface area (Å²) >= 11 is 0. The predicted octanol–water partition coefficient (Wildman–Crippen LogP) is 2.72. The van der Waals surface area contributed by atoms with Gasteiger partial charge in [0.1, 0.15) is 5.82 Å². The number of carboxylic acid groups (broad SMARTS) is 1. The standard InChI is InChI=1S/C17H22FNO3/c1-12(9-14-3-2-4-15(18)10-14)17(22)19-7-5-13(6-8-19)11-16(20)21/h2-4,10,12-13H,5-9,11H2,1H3,(H,20,21). The van der Waals surface area contributed by atoms with Gasteiger partial charge in [0.25, 0.3) is 0 Å². The molecule has 2 rings (SSSR count). The van der Waals surface area contributed by atoms with Gasteiger partial charge in [-0.05, 0) is 42.9 Å². The smallest absolute Gasteiger partial charge is 0.303 e. The van der Waals surface area contributed by atoms with E-state index in [1.165, 1.54) is 12.1 Å². The summed E-state index contributed by atoms with van der Waals surface area (Å²) in [6, 6.07) is 6.33. The average molecular weight is 307 g/mol.